The van der Waals surface area contributed by atoms with E-state index in [1.54, 1.807) is 4.31 Å². The maximum Gasteiger partial charge on any atom is 0.127 e. The van der Waals surface area contributed by atoms with Crippen molar-refractivity contribution in [1.29, 1.82) is 0 Å². The number of aliphatic hydroxyl groups is 1. The van der Waals surface area contributed by atoms with Gasteiger partial charge in [-0.2, -0.15) is 0 Å². The molecule has 0 aromatic heterocycles. The summed E-state index contributed by atoms with van der Waals surface area (Å²) in [5, 5.41) is 12.7. The highest BCUT2D eigenvalue weighted by molar-refractivity contribution is 7.82. The van der Waals surface area contributed by atoms with Gasteiger partial charge in [0.15, 0.2) is 0 Å². The average molecular weight is 240 g/mol. The summed E-state index contributed by atoms with van der Waals surface area (Å²) in [6, 6.07) is 9.33. The molecule has 3 unspecified atom stereocenters. The highest BCUT2D eigenvalue weighted by Crippen LogP contribution is 2.17. The smallest absolute Gasteiger partial charge is 0.127 e. The Morgan fingerprint density at radius 3 is 2.62 bits per heavy atom. The summed E-state index contributed by atoms with van der Waals surface area (Å²) in [5.41, 5.74) is 0. The Morgan fingerprint density at radius 2 is 2.06 bits per heavy atom. The lowest BCUT2D eigenvalue weighted by Crippen LogP contribution is -2.36. The number of aliphatic hydroxyl groups excluding tert-OH is 1. The number of likely N-dealkylation sites (N-methyl/N-ethyl adjacent to an activating group) is 1. The third kappa shape index (κ3) is 2.32. The predicted octanol–water partition coefficient (Wildman–Crippen LogP) is -0.0263. The molecular weight excluding hydrogens is 224 g/mol. The first-order valence-electron chi connectivity index (χ1n) is 5.29. The Morgan fingerprint density at radius 1 is 1.38 bits per heavy atom. The van der Waals surface area contributed by atoms with Crippen LogP contribution in [0.1, 0.15) is 0 Å². The number of benzene rings is 1. The molecule has 1 heterocycles. The summed E-state index contributed by atoms with van der Waals surface area (Å²) in [6.07, 6.45) is -0.447. The van der Waals surface area contributed by atoms with Crippen LogP contribution in [0.2, 0.25) is 0 Å². The second-order valence-electron chi connectivity index (χ2n) is 3.87. The van der Waals surface area contributed by atoms with Gasteiger partial charge in [-0.1, -0.05) is 18.2 Å². The van der Waals surface area contributed by atoms with Crippen molar-refractivity contribution < 1.29 is 9.32 Å². The first-order chi connectivity index (χ1) is 7.72. The molecule has 0 spiro atoms. The molecule has 1 aliphatic heterocycles. The number of hydrogen-bond donors (Lipinski definition) is 2. The maximum absolute atomic E-state index is 12.2. The van der Waals surface area contributed by atoms with E-state index in [-0.39, 0.29) is 6.04 Å². The minimum absolute atomic E-state index is 0.00709. The Kier molecular flexibility index (Phi) is 3.70. The molecule has 0 aliphatic carbocycles. The van der Waals surface area contributed by atoms with Crippen LogP contribution in [0, 0.1) is 0 Å². The minimum atomic E-state index is -1.17. The second kappa shape index (κ2) is 5.05. The molecule has 2 rings (SSSR count). The van der Waals surface area contributed by atoms with E-state index in [0.717, 1.165) is 4.90 Å². The number of nitrogens with one attached hydrogen (secondary N) is 1. The van der Waals surface area contributed by atoms with Crippen LogP contribution in [0.3, 0.4) is 0 Å². The van der Waals surface area contributed by atoms with Crippen molar-refractivity contribution in [2.24, 2.45) is 0 Å². The monoisotopic (exact) mass is 240 g/mol. The maximum atomic E-state index is 12.2. The number of nitrogens with zero attached hydrogens (tertiary/aromatic N) is 1. The van der Waals surface area contributed by atoms with E-state index >= 15 is 0 Å². The Hall–Kier alpha value is -0.750. The van der Waals surface area contributed by atoms with Gasteiger partial charge in [-0.25, -0.2) is 8.51 Å². The summed E-state index contributed by atoms with van der Waals surface area (Å²) in [6.45, 7) is 1.06. The van der Waals surface area contributed by atoms with E-state index in [2.05, 4.69) is 5.32 Å². The van der Waals surface area contributed by atoms with Gasteiger partial charge in [0.25, 0.3) is 0 Å². The van der Waals surface area contributed by atoms with Crippen LogP contribution in [0.15, 0.2) is 35.2 Å². The number of hydrogen-bond acceptors (Lipinski definition) is 3. The molecule has 1 aromatic rings. The van der Waals surface area contributed by atoms with Gasteiger partial charge in [0, 0.05) is 19.1 Å². The van der Waals surface area contributed by atoms with Gasteiger partial charge < -0.3 is 10.4 Å². The quantitative estimate of drug-likeness (QED) is 0.780. The molecule has 0 amide bonds. The van der Waals surface area contributed by atoms with Crippen LogP contribution < -0.4 is 5.32 Å². The Balaban J connectivity index is 2.08. The van der Waals surface area contributed by atoms with Crippen LogP contribution >= 0.6 is 0 Å². The normalized spacial score (nSPS) is 28.1. The summed E-state index contributed by atoms with van der Waals surface area (Å²) in [5.74, 6) is 0. The van der Waals surface area contributed by atoms with Crippen molar-refractivity contribution in [2.75, 3.05) is 20.1 Å². The molecule has 3 atom stereocenters. The van der Waals surface area contributed by atoms with Crippen molar-refractivity contribution in [1.82, 2.24) is 9.62 Å². The van der Waals surface area contributed by atoms with E-state index in [9.17, 15) is 9.32 Å². The van der Waals surface area contributed by atoms with Crippen LogP contribution in [0.25, 0.3) is 0 Å². The van der Waals surface area contributed by atoms with E-state index in [1.807, 2.05) is 37.4 Å². The third-order valence-corrected chi connectivity index (χ3v) is 4.25. The molecule has 1 saturated heterocycles. The van der Waals surface area contributed by atoms with E-state index < -0.39 is 17.1 Å². The SMILES string of the molecule is CNC1CN(S(=O)c2ccccc2)CC1O. The van der Waals surface area contributed by atoms with Gasteiger partial charge >= 0.3 is 0 Å². The third-order valence-electron chi connectivity index (χ3n) is 2.81. The van der Waals surface area contributed by atoms with Crippen LogP contribution in [0.4, 0.5) is 0 Å². The molecule has 0 bridgehead atoms. The van der Waals surface area contributed by atoms with Crippen molar-refractivity contribution >= 4 is 11.0 Å². The van der Waals surface area contributed by atoms with Gasteiger partial charge in [-0.15, -0.1) is 0 Å². The molecule has 16 heavy (non-hydrogen) atoms. The molecule has 4 nitrogen and oxygen atoms in total. The highest BCUT2D eigenvalue weighted by Gasteiger charge is 2.33. The Labute approximate surface area is 97.9 Å². The molecule has 5 heteroatoms. The first kappa shape index (κ1) is 11.7. The molecule has 1 aromatic carbocycles. The summed E-state index contributed by atoms with van der Waals surface area (Å²) >= 11 is 0. The fourth-order valence-corrected chi connectivity index (χ4v) is 3.13. The molecule has 1 fully saturated rings. The predicted molar refractivity (Wildman–Crippen MR) is 63.3 cm³/mol. The zero-order chi connectivity index (χ0) is 11.5. The lowest BCUT2D eigenvalue weighted by molar-refractivity contribution is 0.164. The van der Waals surface area contributed by atoms with E-state index in [4.69, 9.17) is 0 Å². The summed E-state index contributed by atoms with van der Waals surface area (Å²) in [4.78, 5) is 0.784. The highest BCUT2D eigenvalue weighted by atomic mass is 32.2. The lowest BCUT2D eigenvalue weighted by Gasteiger charge is -2.14. The zero-order valence-corrected chi connectivity index (χ0v) is 9.98. The lowest BCUT2D eigenvalue weighted by atomic mass is 10.2. The molecule has 0 saturated carbocycles. The van der Waals surface area contributed by atoms with E-state index in [1.165, 1.54) is 0 Å². The second-order valence-corrected chi connectivity index (χ2v) is 5.36. The van der Waals surface area contributed by atoms with Crippen LogP contribution in [-0.4, -0.2) is 45.9 Å². The van der Waals surface area contributed by atoms with Gasteiger partial charge in [-0.3, -0.25) is 0 Å². The molecule has 2 N–H and O–H groups in total. The van der Waals surface area contributed by atoms with Crippen LogP contribution in [0.5, 0.6) is 0 Å². The minimum Gasteiger partial charge on any atom is -0.390 e. The topological polar surface area (TPSA) is 52.6 Å². The largest absolute Gasteiger partial charge is 0.390 e. The molecule has 88 valence electrons. The fourth-order valence-electron chi connectivity index (χ4n) is 1.86. The van der Waals surface area contributed by atoms with Gasteiger partial charge in [0.2, 0.25) is 0 Å². The van der Waals surface area contributed by atoms with Crippen LogP contribution in [-0.2, 0) is 11.0 Å². The van der Waals surface area contributed by atoms with E-state index in [0.29, 0.717) is 13.1 Å². The number of rotatable bonds is 3. The molecule has 1 aliphatic rings. The van der Waals surface area contributed by atoms with Crippen molar-refractivity contribution in [3.8, 4) is 0 Å². The summed E-state index contributed by atoms with van der Waals surface area (Å²) < 4.78 is 13.9. The first-order valence-corrected chi connectivity index (χ1v) is 6.40. The van der Waals surface area contributed by atoms with Crippen molar-refractivity contribution in [3.05, 3.63) is 30.3 Å². The standard InChI is InChI=1S/C11H16N2O2S/c1-12-10-7-13(8-11(10)14)16(15)9-5-3-2-4-6-9/h2-6,10-12,14H,7-8H2,1H3. The van der Waals surface area contributed by atoms with Crippen molar-refractivity contribution in [2.45, 2.75) is 17.0 Å². The fraction of sp³-hybridized carbons (Fsp3) is 0.455. The molecular formula is C11H16N2O2S. The number of β-amino-alcohol motifs (C(OH)–C–C–N with tert-alkyl or cyclic N) is 1. The Bertz CT molecular complexity index is 372. The zero-order valence-electron chi connectivity index (χ0n) is 9.17. The average Bonchev–Trinajstić information content (AvgIpc) is 2.71. The molecule has 0 radical (unpaired) electrons. The summed E-state index contributed by atoms with van der Waals surface area (Å²) in [7, 11) is 0.640. The van der Waals surface area contributed by atoms with Gasteiger partial charge in [0.05, 0.1) is 11.0 Å². The van der Waals surface area contributed by atoms with Gasteiger partial charge in [-0.05, 0) is 19.2 Å². The van der Waals surface area contributed by atoms with Gasteiger partial charge in [0.1, 0.15) is 11.0 Å². The van der Waals surface area contributed by atoms with Crippen molar-refractivity contribution in [3.63, 3.8) is 0 Å².